The highest BCUT2D eigenvalue weighted by Gasteiger charge is 2.18. The molecule has 2 rings (SSSR count). The van der Waals surface area contributed by atoms with Crippen LogP contribution in [0.2, 0.25) is 0 Å². The molecule has 1 amide bonds. The number of hydrogen-bond donors (Lipinski definition) is 3. The molecular formula is C16H20N4O5S2. The molecule has 0 aliphatic heterocycles. The van der Waals surface area contributed by atoms with Gasteiger partial charge in [-0.3, -0.25) is 9.59 Å². The fourth-order valence-electron chi connectivity index (χ4n) is 2.18. The van der Waals surface area contributed by atoms with E-state index < -0.39 is 5.97 Å². The van der Waals surface area contributed by atoms with Crippen LogP contribution in [-0.4, -0.2) is 50.9 Å². The van der Waals surface area contributed by atoms with Crippen LogP contribution >= 0.6 is 23.1 Å². The number of H-pyrrole nitrogens is 1. The first kappa shape index (κ1) is 21.1. The first-order valence-electron chi connectivity index (χ1n) is 8.13. The van der Waals surface area contributed by atoms with E-state index in [1.54, 1.807) is 20.8 Å². The molecule has 0 saturated carbocycles. The smallest absolute Gasteiger partial charge is 0.350 e. The first-order valence-corrected chi connectivity index (χ1v) is 9.93. The van der Waals surface area contributed by atoms with Crippen molar-refractivity contribution in [3.8, 4) is 0 Å². The number of thioether (sulfide) groups is 1. The zero-order valence-corrected chi connectivity index (χ0v) is 16.8. The number of aromatic nitrogens is 3. The van der Waals surface area contributed by atoms with E-state index in [1.165, 1.54) is 0 Å². The van der Waals surface area contributed by atoms with Crippen LogP contribution in [0.15, 0.2) is 9.95 Å². The SMILES string of the molecule is CCOC(=O)c1sc(NC(=O)CSc2nc(C)c(CCO)c(=O)[nH]2)nc1C. The Morgan fingerprint density at radius 3 is 2.67 bits per heavy atom. The summed E-state index contributed by atoms with van der Waals surface area (Å²) in [6.45, 7) is 5.18. The Kier molecular flexibility index (Phi) is 7.51. The lowest BCUT2D eigenvalue weighted by atomic mass is 10.2. The molecule has 0 fully saturated rings. The van der Waals surface area contributed by atoms with Gasteiger partial charge in [0.05, 0.1) is 18.1 Å². The Morgan fingerprint density at radius 2 is 2.04 bits per heavy atom. The minimum absolute atomic E-state index is 0.00902. The molecule has 0 aromatic carbocycles. The molecule has 0 unspecified atom stereocenters. The highest BCUT2D eigenvalue weighted by molar-refractivity contribution is 7.99. The number of aryl methyl sites for hydroxylation is 2. The average Bonchev–Trinajstić information content (AvgIpc) is 2.97. The molecule has 0 aliphatic carbocycles. The van der Waals surface area contributed by atoms with Gasteiger partial charge in [-0.05, 0) is 20.8 Å². The Morgan fingerprint density at radius 1 is 1.30 bits per heavy atom. The van der Waals surface area contributed by atoms with Crippen molar-refractivity contribution < 1.29 is 19.4 Å². The van der Waals surface area contributed by atoms with E-state index in [0.29, 0.717) is 32.1 Å². The van der Waals surface area contributed by atoms with E-state index in [0.717, 1.165) is 23.1 Å². The first-order chi connectivity index (χ1) is 12.8. The number of hydrogen-bond acceptors (Lipinski definition) is 9. The van der Waals surface area contributed by atoms with Gasteiger partial charge in [-0.25, -0.2) is 14.8 Å². The number of rotatable bonds is 8. The highest BCUT2D eigenvalue weighted by atomic mass is 32.2. The number of aromatic amines is 1. The van der Waals surface area contributed by atoms with E-state index in [9.17, 15) is 14.4 Å². The zero-order valence-electron chi connectivity index (χ0n) is 15.1. The molecule has 2 heterocycles. The van der Waals surface area contributed by atoms with Crippen LogP contribution in [0.25, 0.3) is 0 Å². The standard InChI is InChI=1S/C16H20N4O5S2/c1-4-25-14(24)12-9(3)18-16(27-12)19-11(22)7-26-15-17-8(2)10(5-6-21)13(23)20-15/h21H,4-7H2,1-3H3,(H,17,20,23)(H,18,19,22). The summed E-state index contributed by atoms with van der Waals surface area (Å²) in [7, 11) is 0. The third kappa shape index (κ3) is 5.62. The molecule has 9 nitrogen and oxygen atoms in total. The van der Waals surface area contributed by atoms with Crippen LogP contribution < -0.4 is 10.9 Å². The number of aliphatic hydroxyl groups is 1. The summed E-state index contributed by atoms with van der Waals surface area (Å²) in [4.78, 5) is 47.2. The number of thiazole rings is 1. The van der Waals surface area contributed by atoms with Gasteiger partial charge in [0.15, 0.2) is 10.3 Å². The van der Waals surface area contributed by atoms with E-state index in [-0.39, 0.29) is 36.9 Å². The second-order valence-electron chi connectivity index (χ2n) is 5.40. The summed E-state index contributed by atoms with van der Waals surface area (Å²) in [5.41, 5.74) is 1.11. The topological polar surface area (TPSA) is 134 Å². The van der Waals surface area contributed by atoms with Gasteiger partial charge < -0.3 is 20.1 Å². The lowest BCUT2D eigenvalue weighted by molar-refractivity contribution is -0.113. The van der Waals surface area contributed by atoms with Crippen LogP contribution in [0.3, 0.4) is 0 Å². The fourth-order valence-corrected chi connectivity index (χ4v) is 3.77. The third-order valence-corrected chi connectivity index (χ3v) is 5.33. The molecule has 0 spiro atoms. The number of nitrogens with one attached hydrogen (secondary N) is 2. The Hall–Kier alpha value is -2.24. The van der Waals surface area contributed by atoms with Crippen molar-refractivity contribution in [3.05, 3.63) is 32.2 Å². The molecule has 0 aliphatic rings. The van der Waals surface area contributed by atoms with Gasteiger partial charge in [-0.1, -0.05) is 23.1 Å². The molecule has 0 bridgehead atoms. The normalized spacial score (nSPS) is 10.7. The maximum absolute atomic E-state index is 12.1. The van der Waals surface area contributed by atoms with Crippen molar-refractivity contribution in [1.82, 2.24) is 15.0 Å². The maximum Gasteiger partial charge on any atom is 0.350 e. The number of nitrogens with zero attached hydrogens (tertiary/aromatic N) is 2. The van der Waals surface area contributed by atoms with Gasteiger partial charge in [0.2, 0.25) is 5.91 Å². The van der Waals surface area contributed by atoms with Gasteiger partial charge in [0.25, 0.3) is 5.56 Å². The summed E-state index contributed by atoms with van der Waals surface area (Å²) in [5.74, 6) is -0.804. The van der Waals surface area contributed by atoms with Crippen molar-refractivity contribution >= 4 is 40.1 Å². The van der Waals surface area contributed by atoms with E-state index in [4.69, 9.17) is 9.84 Å². The van der Waals surface area contributed by atoms with Crippen molar-refractivity contribution in [2.75, 3.05) is 24.3 Å². The van der Waals surface area contributed by atoms with Crippen LogP contribution in [0, 0.1) is 13.8 Å². The fraction of sp³-hybridized carbons (Fsp3) is 0.438. The van der Waals surface area contributed by atoms with E-state index >= 15 is 0 Å². The number of carbonyl (C=O) groups excluding carboxylic acids is 2. The van der Waals surface area contributed by atoms with Crippen LogP contribution in [0.1, 0.15) is 33.5 Å². The minimum atomic E-state index is -0.470. The quantitative estimate of drug-likeness (QED) is 0.335. The lowest BCUT2D eigenvalue weighted by Gasteiger charge is -2.06. The number of esters is 1. The number of anilines is 1. The van der Waals surface area contributed by atoms with Gasteiger partial charge in [-0.15, -0.1) is 0 Å². The molecular weight excluding hydrogens is 392 g/mol. The van der Waals surface area contributed by atoms with Gasteiger partial charge in [-0.2, -0.15) is 0 Å². The van der Waals surface area contributed by atoms with Crippen molar-refractivity contribution in [3.63, 3.8) is 0 Å². The largest absolute Gasteiger partial charge is 0.462 e. The summed E-state index contributed by atoms with van der Waals surface area (Å²) in [6.07, 6.45) is 0.228. The van der Waals surface area contributed by atoms with Gasteiger partial charge >= 0.3 is 5.97 Å². The molecule has 146 valence electrons. The third-order valence-electron chi connectivity index (χ3n) is 3.41. The Labute approximate surface area is 163 Å². The molecule has 2 aromatic heterocycles. The van der Waals surface area contributed by atoms with Crippen molar-refractivity contribution in [1.29, 1.82) is 0 Å². The number of amides is 1. The van der Waals surface area contributed by atoms with Crippen LogP contribution in [-0.2, 0) is 16.0 Å². The molecule has 0 atom stereocenters. The minimum Gasteiger partial charge on any atom is -0.462 e. The number of aliphatic hydroxyl groups excluding tert-OH is 1. The summed E-state index contributed by atoms with van der Waals surface area (Å²) in [5, 5.41) is 12.2. The van der Waals surface area contributed by atoms with Gasteiger partial charge in [0, 0.05) is 24.3 Å². The predicted octanol–water partition coefficient (Wildman–Crippen LogP) is 1.29. The van der Waals surface area contributed by atoms with E-state index in [2.05, 4.69) is 20.3 Å². The summed E-state index contributed by atoms with van der Waals surface area (Å²) < 4.78 is 4.94. The Balaban J connectivity index is 1.98. The molecule has 11 heteroatoms. The summed E-state index contributed by atoms with van der Waals surface area (Å²) >= 11 is 2.12. The summed E-state index contributed by atoms with van der Waals surface area (Å²) in [6, 6.07) is 0. The maximum atomic E-state index is 12.1. The highest BCUT2D eigenvalue weighted by Crippen LogP contribution is 2.24. The van der Waals surface area contributed by atoms with Crippen molar-refractivity contribution in [2.24, 2.45) is 0 Å². The molecule has 3 N–H and O–H groups in total. The average molecular weight is 412 g/mol. The predicted molar refractivity (Wildman–Crippen MR) is 103 cm³/mol. The molecule has 27 heavy (non-hydrogen) atoms. The van der Waals surface area contributed by atoms with Crippen molar-refractivity contribution in [2.45, 2.75) is 32.3 Å². The second kappa shape index (κ2) is 9.62. The number of ether oxygens (including phenoxy) is 1. The number of carbonyl (C=O) groups is 2. The van der Waals surface area contributed by atoms with Gasteiger partial charge in [0.1, 0.15) is 4.88 Å². The van der Waals surface area contributed by atoms with Crippen LogP contribution in [0.5, 0.6) is 0 Å². The monoisotopic (exact) mass is 412 g/mol. The molecule has 0 saturated heterocycles. The molecule has 2 aromatic rings. The zero-order chi connectivity index (χ0) is 20.0. The Bertz CT molecular complexity index is 893. The molecule has 0 radical (unpaired) electrons. The van der Waals surface area contributed by atoms with Crippen LogP contribution in [0.4, 0.5) is 5.13 Å². The second-order valence-corrected chi connectivity index (χ2v) is 7.36. The lowest BCUT2D eigenvalue weighted by Crippen LogP contribution is -2.19. The van der Waals surface area contributed by atoms with E-state index in [1.807, 2.05) is 0 Å².